The molecule has 1 aromatic rings. The Morgan fingerprint density at radius 2 is 1.41 bits per heavy atom. The van der Waals surface area contributed by atoms with Crippen molar-refractivity contribution in [2.45, 2.75) is 39.7 Å². The van der Waals surface area contributed by atoms with E-state index < -0.39 is 17.1 Å². The molecule has 0 spiro atoms. The maximum atomic E-state index is 6.25. The molecule has 0 aliphatic rings. The highest BCUT2D eigenvalue weighted by molar-refractivity contribution is 6.78. The van der Waals surface area contributed by atoms with Crippen LogP contribution in [0.4, 0.5) is 0 Å². The minimum Gasteiger partial charge on any atom is -0.415 e. The first-order valence-corrected chi connectivity index (χ1v) is 15.1. The second kappa shape index (κ2) is 13.5. The van der Waals surface area contributed by atoms with Gasteiger partial charge in [0, 0.05) is 19.0 Å². The topological polar surface area (TPSA) is 68.3 Å². The summed E-state index contributed by atoms with van der Waals surface area (Å²) < 4.78 is 34.3. The van der Waals surface area contributed by atoms with Gasteiger partial charge in [-0.15, -0.1) is 0 Å². The summed E-state index contributed by atoms with van der Waals surface area (Å²) in [4.78, 5) is 4.10. The van der Waals surface area contributed by atoms with E-state index in [2.05, 4.69) is 4.98 Å². The first-order valence-electron chi connectivity index (χ1n) is 9.45. The van der Waals surface area contributed by atoms with Crippen molar-refractivity contribution in [3.8, 4) is 0 Å². The van der Waals surface area contributed by atoms with Gasteiger partial charge in [-0.05, 0) is 44.7 Å². The van der Waals surface area contributed by atoms with E-state index in [4.69, 9.17) is 27.2 Å². The van der Waals surface area contributed by atoms with Crippen LogP contribution in [-0.2, 0) is 33.8 Å². The minimum absolute atomic E-state index is 0.504. The van der Waals surface area contributed by atoms with E-state index in [1.807, 2.05) is 45.2 Å². The Morgan fingerprint density at radius 1 is 0.815 bits per heavy atom. The van der Waals surface area contributed by atoms with Gasteiger partial charge in [0.25, 0.3) is 0 Å². The predicted octanol–water partition coefficient (Wildman–Crippen LogP) is 3.10. The van der Waals surface area contributed by atoms with Crippen LogP contribution in [0.2, 0.25) is 26.2 Å². The van der Waals surface area contributed by atoms with Crippen molar-refractivity contribution < 1.29 is 27.2 Å². The molecule has 0 radical (unpaired) electrons. The first-order chi connectivity index (χ1) is 12.8. The molecule has 0 saturated carbocycles. The monoisotopic (exact) mass is 417 g/mol. The lowest BCUT2D eigenvalue weighted by atomic mass is 10.3. The Bertz CT molecular complexity index is 490. The molecule has 0 unspecified atom stereocenters. The molecule has 1 heterocycles. The lowest BCUT2D eigenvalue weighted by Gasteiger charge is -2.32. The summed E-state index contributed by atoms with van der Waals surface area (Å²) in [5, 5.41) is 0. The lowest BCUT2D eigenvalue weighted by molar-refractivity contribution is 0.00942. The van der Waals surface area contributed by atoms with Gasteiger partial charge in [0.15, 0.2) is 0 Å². The van der Waals surface area contributed by atoms with E-state index in [1.54, 1.807) is 12.4 Å². The SMILES string of the molecule is CCOCCOCCOCCO[Si](C)(C)O[Si](C)(C)OCc1cccnc1. The molecule has 0 bridgehead atoms. The van der Waals surface area contributed by atoms with E-state index in [-0.39, 0.29) is 0 Å². The largest absolute Gasteiger partial charge is 0.415 e. The van der Waals surface area contributed by atoms with Gasteiger partial charge in [-0.1, -0.05) is 6.07 Å². The predicted molar refractivity (Wildman–Crippen MR) is 109 cm³/mol. The second-order valence-corrected chi connectivity index (χ2v) is 13.8. The molecule has 1 aromatic heterocycles. The molecular weight excluding hydrogens is 382 g/mol. The third-order valence-corrected chi connectivity index (χ3v) is 9.10. The third-order valence-electron chi connectivity index (χ3n) is 3.43. The Balaban J connectivity index is 2.13. The summed E-state index contributed by atoms with van der Waals surface area (Å²) in [5.74, 6) is 0. The average Bonchev–Trinajstić information content (AvgIpc) is 2.62. The van der Waals surface area contributed by atoms with E-state index >= 15 is 0 Å². The molecule has 156 valence electrons. The van der Waals surface area contributed by atoms with E-state index in [0.717, 1.165) is 5.56 Å². The number of aromatic nitrogens is 1. The highest BCUT2D eigenvalue weighted by atomic mass is 28.5. The smallest absolute Gasteiger partial charge is 0.323 e. The molecule has 27 heavy (non-hydrogen) atoms. The van der Waals surface area contributed by atoms with Gasteiger partial charge in [-0.2, -0.15) is 0 Å². The minimum atomic E-state index is -2.28. The zero-order valence-electron chi connectivity index (χ0n) is 17.4. The van der Waals surface area contributed by atoms with Crippen molar-refractivity contribution in [2.75, 3.05) is 46.2 Å². The van der Waals surface area contributed by atoms with E-state index in [9.17, 15) is 0 Å². The van der Waals surface area contributed by atoms with Crippen LogP contribution < -0.4 is 0 Å². The molecule has 0 N–H and O–H groups in total. The van der Waals surface area contributed by atoms with Crippen molar-refractivity contribution in [3.63, 3.8) is 0 Å². The molecule has 1 rings (SSSR count). The highest BCUT2D eigenvalue weighted by Crippen LogP contribution is 2.18. The molecule has 0 atom stereocenters. The standard InChI is InChI=1S/C18H35NO6Si2/c1-6-20-10-11-21-12-13-22-14-15-23-26(2,3)25-27(4,5)24-17-18-8-7-9-19-16-18/h7-9,16H,6,10-15,17H2,1-5H3. The Kier molecular flexibility index (Phi) is 12.2. The molecule has 7 nitrogen and oxygen atoms in total. The fourth-order valence-electron chi connectivity index (χ4n) is 2.32. The highest BCUT2D eigenvalue weighted by Gasteiger charge is 2.36. The van der Waals surface area contributed by atoms with Gasteiger partial charge < -0.3 is 27.2 Å². The summed E-state index contributed by atoms with van der Waals surface area (Å²) in [6.07, 6.45) is 3.56. The number of ether oxygens (including phenoxy) is 3. The molecule has 0 saturated heterocycles. The van der Waals surface area contributed by atoms with E-state index in [0.29, 0.717) is 52.9 Å². The number of nitrogens with zero attached hydrogens (tertiary/aromatic N) is 1. The van der Waals surface area contributed by atoms with Gasteiger partial charge in [0.1, 0.15) is 0 Å². The van der Waals surface area contributed by atoms with Crippen LogP contribution in [0.15, 0.2) is 24.5 Å². The fourth-order valence-corrected chi connectivity index (χ4v) is 8.62. The van der Waals surface area contributed by atoms with Crippen molar-refractivity contribution >= 4 is 17.1 Å². The summed E-state index contributed by atoms with van der Waals surface area (Å²) in [6, 6.07) is 3.90. The van der Waals surface area contributed by atoms with Gasteiger partial charge in [-0.3, -0.25) is 4.98 Å². The number of rotatable bonds is 16. The van der Waals surface area contributed by atoms with Gasteiger partial charge in [-0.25, -0.2) is 0 Å². The van der Waals surface area contributed by atoms with Crippen molar-refractivity contribution in [1.29, 1.82) is 0 Å². The maximum absolute atomic E-state index is 6.25. The zero-order valence-corrected chi connectivity index (χ0v) is 19.4. The molecule has 0 fully saturated rings. The quantitative estimate of drug-likeness (QED) is 0.302. The van der Waals surface area contributed by atoms with Crippen molar-refractivity contribution in [2.24, 2.45) is 0 Å². The molecule has 0 amide bonds. The Morgan fingerprint density at radius 3 is 2.00 bits per heavy atom. The van der Waals surface area contributed by atoms with Crippen LogP contribution in [0.1, 0.15) is 12.5 Å². The summed E-state index contributed by atoms with van der Waals surface area (Å²) in [5.41, 5.74) is 1.04. The van der Waals surface area contributed by atoms with Crippen molar-refractivity contribution in [1.82, 2.24) is 4.98 Å². The van der Waals surface area contributed by atoms with Crippen molar-refractivity contribution in [3.05, 3.63) is 30.1 Å². The Hall–Kier alpha value is -0.656. The van der Waals surface area contributed by atoms with Crippen LogP contribution in [0.3, 0.4) is 0 Å². The van der Waals surface area contributed by atoms with Gasteiger partial charge >= 0.3 is 17.1 Å². The van der Waals surface area contributed by atoms with Crippen LogP contribution >= 0.6 is 0 Å². The summed E-state index contributed by atoms with van der Waals surface area (Å²) in [6.45, 7) is 14.7. The molecule has 9 heteroatoms. The fraction of sp³-hybridized carbons (Fsp3) is 0.722. The normalized spacial score (nSPS) is 12.5. The van der Waals surface area contributed by atoms with Crippen LogP contribution in [0.25, 0.3) is 0 Å². The zero-order chi connectivity index (χ0) is 20.0. The number of hydrogen-bond donors (Lipinski definition) is 0. The second-order valence-electron chi connectivity index (χ2n) is 6.82. The Labute approximate surface area is 165 Å². The van der Waals surface area contributed by atoms with Crippen LogP contribution in [0.5, 0.6) is 0 Å². The summed E-state index contributed by atoms with van der Waals surface area (Å²) in [7, 11) is -4.56. The van der Waals surface area contributed by atoms with Gasteiger partial charge in [0.2, 0.25) is 0 Å². The van der Waals surface area contributed by atoms with Gasteiger partial charge in [0.05, 0.1) is 46.2 Å². The molecule has 0 aromatic carbocycles. The van der Waals surface area contributed by atoms with E-state index in [1.165, 1.54) is 0 Å². The lowest BCUT2D eigenvalue weighted by Crippen LogP contribution is -2.48. The third kappa shape index (κ3) is 13.2. The van der Waals surface area contributed by atoms with Crippen LogP contribution in [0, 0.1) is 0 Å². The molecule has 0 aliphatic heterocycles. The first kappa shape index (κ1) is 24.4. The molecule has 0 aliphatic carbocycles. The number of pyridine rings is 1. The molecular formula is C18H35NO6Si2. The maximum Gasteiger partial charge on any atom is 0.323 e. The average molecular weight is 418 g/mol. The number of hydrogen-bond acceptors (Lipinski definition) is 7. The summed E-state index contributed by atoms with van der Waals surface area (Å²) >= 11 is 0. The van der Waals surface area contributed by atoms with Crippen LogP contribution in [-0.4, -0.2) is 68.4 Å².